The fourth-order valence-electron chi connectivity index (χ4n) is 3.33. The smallest absolute Gasteiger partial charge is 0.237 e. The normalized spacial score (nSPS) is 16.0. The first-order valence-corrected chi connectivity index (χ1v) is 10.3. The summed E-state index contributed by atoms with van der Waals surface area (Å²) in [7, 11) is 0. The number of nitrogens with one attached hydrogen (secondary N) is 2. The van der Waals surface area contributed by atoms with Gasteiger partial charge in [-0.15, -0.1) is 0 Å². The second kappa shape index (κ2) is 8.10. The molecule has 144 valence electrons. The van der Waals surface area contributed by atoms with E-state index in [0.717, 1.165) is 28.3 Å². The molecule has 2 heterocycles. The molecule has 0 fully saturated rings. The Morgan fingerprint density at radius 2 is 1.86 bits per heavy atom. The highest BCUT2D eigenvalue weighted by Crippen LogP contribution is 2.31. The van der Waals surface area contributed by atoms with Crippen LogP contribution in [0, 0.1) is 13.8 Å². The lowest BCUT2D eigenvalue weighted by atomic mass is 10.00. The quantitative estimate of drug-likeness (QED) is 0.565. The Morgan fingerprint density at radius 3 is 2.64 bits per heavy atom. The molecule has 1 aromatic heterocycles. The topological polar surface area (TPSA) is 59.1 Å². The molecule has 0 aliphatic carbocycles. The molecule has 4 rings (SSSR count). The van der Waals surface area contributed by atoms with Crippen molar-refractivity contribution in [3.63, 3.8) is 0 Å². The van der Waals surface area contributed by atoms with Crippen LogP contribution in [-0.2, 0) is 0 Å². The van der Waals surface area contributed by atoms with Crippen LogP contribution in [0.3, 0.4) is 0 Å². The highest BCUT2D eigenvalue weighted by molar-refractivity contribution is 8.00. The predicted molar refractivity (Wildman–Crippen MR) is 116 cm³/mol. The summed E-state index contributed by atoms with van der Waals surface area (Å²) in [6.45, 7) is 6.90. The maximum atomic E-state index is 6.07. The van der Waals surface area contributed by atoms with Crippen molar-refractivity contribution in [1.82, 2.24) is 9.97 Å². The van der Waals surface area contributed by atoms with Gasteiger partial charge in [-0.25, -0.2) is 4.98 Å². The van der Waals surface area contributed by atoms with Gasteiger partial charge in [0.05, 0.1) is 11.7 Å². The Bertz CT molecular complexity index is 972. The molecule has 28 heavy (non-hydrogen) atoms. The van der Waals surface area contributed by atoms with Crippen LogP contribution >= 0.6 is 11.9 Å². The number of fused-ring (bicyclic) bond motifs is 4. The number of nitrogens with zero attached hydrogens (tertiary/aromatic N) is 2. The van der Waals surface area contributed by atoms with Gasteiger partial charge in [-0.2, -0.15) is 4.98 Å². The number of rotatable bonds is 2. The number of aromatic nitrogens is 2. The summed E-state index contributed by atoms with van der Waals surface area (Å²) in [4.78, 5) is 10.4. The number of hydrogen-bond donors (Lipinski definition) is 2. The molecule has 2 N–H and O–H groups in total. The molecule has 0 spiro atoms. The van der Waals surface area contributed by atoms with Crippen LogP contribution in [0.25, 0.3) is 11.3 Å². The third-order valence-electron chi connectivity index (χ3n) is 4.83. The molecule has 6 heteroatoms. The lowest BCUT2D eigenvalue weighted by Gasteiger charge is -2.20. The standard InChI is InChI=1S/C22H24N4OS/c1-4-16-13-27-20-12-19(21-14(2)7-5-8-15(21)3)24-22(25-20)26-28-18-10-6-9-17(11-18)23-16/h5-12,16,23H,4,13H2,1-3H3,(H,24,25,26). The summed E-state index contributed by atoms with van der Waals surface area (Å²) in [5.74, 6) is 1.13. The first-order valence-electron chi connectivity index (χ1n) is 9.50. The molecule has 0 saturated heterocycles. The van der Waals surface area contributed by atoms with Gasteiger partial charge in [0.1, 0.15) is 6.61 Å². The van der Waals surface area contributed by atoms with E-state index in [-0.39, 0.29) is 6.04 Å². The SMILES string of the molecule is CCC1COc2cc(-c3c(C)cccc3C)nc(n2)NSc2cccc(c2)N1. The summed E-state index contributed by atoms with van der Waals surface area (Å²) in [6.07, 6.45) is 0.956. The van der Waals surface area contributed by atoms with Crippen molar-refractivity contribution in [2.45, 2.75) is 38.1 Å². The highest BCUT2D eigenvalue weighted by atomic mass is 32.2. The van der Waals surface area contributed by atoms with E-state index in [0.29, 0.717) is 18.4 Å². The van der Waals surface area contributed by atoms with Gasteiger partial charge in [0.15, 0.2) is 0 Å². The molecule has 0 amide bonds. The predicted octanol–water partition coefficient (Wildman–Crippen LogP) is 5.46. The van der Waals surface area contributed by atoms with Crippen LogP contribution < -0.4 is 14.8 Å². The maximum Gasteiger partial charge on any atom is 0.237 e. The Hall–Kier alpha value is -2.73. The molecule has 0 saturated carbocycles. The molecule has 1 aliphatic heterocycles. The minimum absolute atomic E-state index is 0.203. The van der Waals surface area contributed by atoms with Crippen molar-refractivity contribution in [2.24, 2.45) is 0 Å². The van der Waals surface area contributed by atoms with E-state index in [1.54, 1.807) is 0 Å². The summed E-state index contributed by atoms with van der Waals surface area (Å²) >= 11 is 1.50. The molecule has 1 unspecified atom stereocenters. The first kappa shape index (κ1) is 18.6. The molecule has 2 aromatic carbocycles. The van der Waals surface area contributed by atoms with Gasteiger partial charge < -0.3 is 10.1 Å². The summed E-state index contributed by atoms with van der Waals surface area (Å²) in [6, 6.07) is 16.7. The van der Waals surface area contributed by atoms with Gasteiger partial charge in [0.25, 0.3) is 0 Å². The first-order chi connectivity index (χ1) is 13.6. The molecule has 1 aliphatic rings. The monoisotopic (exact) mass is 392 g/mol. The number of hydrogen-bond acceptors (Lipinski definition) is 6. The van der Waals surface area contributed by atoms with Gasteiger partial charge >= 0.3 is 0 Å². The lowest BCUT2D eigenvalue weighted by molar-refractivity contribution is 0.283. The van der Waals surface area contributed by atoms with E-state index >= 15 is 0 Å². The van der Waals surface area contributed by atoms with Crippen LogP contribution in [0.4, 0.5) is 11.6 Å². The molecule has 3 aromatic rings. The van der Waals surface area contributed by atoms with Gasteiger partial charge in [0, 0.05) is 22.2 Å². The third-order valence-corrected chi connectivity index (χ3v) is 5.60. The van der Waals surface area contributed by atoms with Crippen molar-refractivity contribution < 1.29 is 4.74 Å². The van der Waals surface area contributed by atoms with E-state index in [4.69, 9.17) is 9.72 Å². The summed E-state index contributed by atoms with van der Waals surface area (Å²) < 4.78 is 9.35. The summed E-state index contributed by atoms with van der Waals surface area (Å²) in [5.41, 5.74) is 5.46. The van der Waals surface area contributed by atoms with Crippen molar-refractivity contribution in [3.8, 4) is 17.1 Å². The van der Waals surface area contributed by atoms with E-state index in [1.807, 2.05) is 12.1 Å². The zero-order valence-electron chi connectivity index (χ0n) is 16.3. The zero-order chi connectivity index (χ0) is 19.5. The van der Waals surface area contributed by atoms with Gasteiger partial charge in [-0.3, -0.25) is 4.72 Å². The minimum atomic E-state index is 0.203. The maximum absolute atomic E-state index is 6.07. The molecule has 4 bridgehead atoms. The van der Waals surface area contributed by atoms with Crippen molar-refractivity contribution >= 4 is 23.6 Å². The third kappa shape index (κ3) is 4.07. The Kier molecular flexibility index (Phi) is 5.39. The number of aryl methyl sites for hydroxylation is 2. The number of ether oxygens (including phenoxy) is 1. The average molecular weight is 393 g/mol. The molecular weight excluding hydrogens is 368 g/mol. The molecule has 1 atom stereocenters. The van der Waals surface area contributed by atoms with Crippen LogP contribution in [0.1, 0.15) is 24.5 Å². The van der Waals surface area contributed by atoms with Gasteiger partial charge in [-0.1, -0.05) is 31.2 Å². The Balaban J connectivity index is 1.76. The highest BCUT2D eigenvalue weighted by Gasteiger charge is 2.15. The van der Waals surface area contributed by atoms with Crippen molar-refractivity contribution in [3.05, 3.63) is 59.7 Å². The van der Waals surface area contributed by atoms with E-state index in [2.05, 4.69) is 72.2 Å². The lowest BCUT2D eigenvalue weighted by Crippen LogP contribution is -2.26. The fourth-order valence-corrected chi connectivity index (χ4v) is 3.96. The van der Waals surface area contributed by atoms with Crippen molar-refractivity contribution in [1.29, 1.82) is 0 Å². The molecule has 0 radical (unpaired) electrons. The minimum Gasteiger partial charge on any atom is -0.475 e. The number of anilines is 2. The largest absolute Gasteiger partial charge is 0.475 e. The second-order valence-corrected chi connectivity index (χ2v) is 7.85. The van der Waals surface area contributed by atoms with Crippen LogP contribution in [0.5, 0.6) is 5.88 Å². The van der Waals surface area contributed by atoms with E-state index < -0.39 is 0 Å². The van der Waals surface area contributed by atoms with E-state index in [1.165, 1.54) is 23.1 Å². The zero-order valence-corrected chi connectivity index (χ0v) is 17.1. The fraction of sp³-hybridized carbons (Fsp3) is 0.273. The van der Waals surface area contributed by atoms with Gasteiger partial charge in [-0.05, 0) is 61.5 Å². The van der Waals surface area contributed by atoms with Crippen LogP contribution in [0.2, 0.25) is 0 Å². The number of benzene rings is 2. The van der Waals surface area contributed by atoms with Crippen LogP contribution in [-0.4, -0.2) is 22.6 Å². The van der Waals surface area contributed by atoms with Crippen LogP contribution in [0.15, 0.2) is 53.4 Å². The molecular formula is C22H24N4OS. The summed E-state index contributed by atoms with van der Waals surface area (Å²) in [5, 5.41) is 3.55. The Morgan fingerprint density at radius 1 is 1.07 bits per heavy atom. The van der Waals surface area contributed by atoms with Gasteiger partial charge in [0.2, 0.25) is 11.8 Å². The average Bonchev–Trinajstić information content (AvgIpc) is 2.69. The second-order valence-electron chi connectivity index (χ2n) is 6.97. The van der Waals surface area contributed by atoms with E-state index in [9.17, 15) is 0 Å². The Labute approximate surface area is 170 Å². The molecule has 5 nitrogen and oxygen atoms in total. The van der Waals surface area contributed by atoms with Crippen molar-refractivity contribution in [2.75, 3.05) is 16.6 Å².